The van der Waals surface area contributed by atoms with Crippen LogP contribution in [0.4, 0.5) is 5.69 Å². The molecule has 2 heterocycles. The van der Waals surface area contributed by atoms with Gasteiger partial charge in [-0.3, -0.25) is 19.2 Å². The van der Waals surface area contributed by atoms with Gasteiger partial charge in [0, 0.05) is 44.0 Å². The molecule has 3 aromatic carbocycles. The number of aryl methyl sites for hydroxylation is 1. The van der Waals surface area contributed by atoms with Crippen molar-refractivity contribution in [2.24, 2.45) is 5.73 Å². The van der Waals surface area contributed by atoms with Crippen molar-refractivity contribution in [3.05, 3.63) is 89.5 Å². The number of aromatic nitrogens is 3. The molecule has 0 bridgehead atoms. The number of rotatable bonds is 21. The Morgan fingerprint density at radius 1 is 0.818 bits per heavy atom. The fourth-order valence-corrected chi connectivity index (χ4v) is 6.05. The van der Waals surface area contributed by atoms with Crippen molar-refractivity contribution in [3.8, 4) is 22.5 Å². The molecule has 0 saturated heterocycles. The van der Waals surface area contributed by atoms with Crippen LogP contribution in [0.25, 0.3) is 22.5 Å². The van der Waals surface area contributed by atoms with E-state index in [1.165, 1.54) is 7.11 Å². The molecular weight excluding hydrogens is 706 g/mol. The van der Waals surface area contributed by atoms with Gasteiger partial charge in [0.05, 0.1) is 70.7 Å². The third-order valence-corrected chi connectivity index (χ3v) is 8.91. The normalized spacial score (nSPS) is 12.4. The predicted octanol–water partition coefficient (Wildman–Crippen LogP) is 2.92. The van der Waals surface area contributed by atoms with Gasteiger partial charge in [-0.15, -0.1) is 5.10 Å². The van der Waals surface area contributed by atoms with Crippen LogP contribution in [0.1, 0.15) is 36.0 Å². The molecule has 55 heavy (non-hydrogen) atoms. The van der Waals surface area contributed by atoms with Crippen LogP contribution >= 0.6 is 0 Å². The van der Waals surface area contributed by atoms with E-state index < -0.39 is 11.9 Å². The van der Waals surface area contributed by atoms with Gasteiger partial charge in [-0.1, -0.05) is 77.5 Å². The second kappa shape index (κ2) is 20.8. The maximum absolute atomic E-state index is 13.3. The molecule has 0 saturated carbocycles. The van der Waals surface area contributed by atoms with E-state index in [1.807, 2.05) is 84.4 Å². The number of nitrogens with two attached hydrogens (primary N) is 1. The van der Waals surface area contributed by atoms with Crippen molar-refractivity contribution in [1.82, 2.24) is 25.6 Å². The number of carbonyl (C=O) groups is 4. The van der Waals surface area contributed by atoms with Gasteiger partial charge in [0.25, 0.3) is 0 Å². The number of ether oxygens (including phenoxy) is 4. The number of nitrogens with zero attached hydrogens (tertiary/aromatic N) is 4. The minimum atomic E-state index is -0.813. The summed E-state index contributed by atoms with van der Waals surface area (Å²) in [6.45, 7) is 5.01. The van der Waals surface area contributed by atoms with Gasteiger partial charge >= 0.3 is 0 Å². The van der Waals surface area contributed by atoms with Gasteiger partial charge in [-0.2, -0.15) is 0 Å². The molecule has 15 heteroatoms. The van der Waals surface area contributed by atoms with Crippen molar-refractivity contribution in [2.75, 3.05) is 58.3 Å². The number of hydrogen-bond acceptors (Lipinski definition) is 10. The van der Waals surface area contributed by atoms with Gasteiger partial charge < -0.3 is 40.2 Å². The lowest BCUT2D eigenvalue weighted by molar-refractivity contribution is -0.131. The Bertz CT molecular complexity index is 1900. The fraction of sp³-hybridized carbons (Fsp3) is 0.400. The molecule has 1 atom stereocenters. The summed E-state index contributed by atoms with van der Waals surface area (Å²) >= 11 is 0. The summed E-state index contributed by atoms with van der Waals surface area (Å²) in [5.74, 6) is -1.37. The molecule has 1 aliphatic heterocycles. The Morgan fingerprint density at radius 3 is 2.22 bits per heavy atom. The summed E-state index contributed by atoms with van der Waals surface area (Å²) < 4.78 is 24.0. The maximum atomic E-state index is 13.3. The lowest BCUT2D eigenvalue weighted by Gasteiger charge is -2.28. The first-order valence-electron chi connectivity index (χ1n) is 18.3. The maximum Gasteiger partial charge on any atom is 0.245 e. The molecule has 292 valence electrons. The summed E-state index contributed by atoms with van der Waals surface area (Å²) in [6, 6.07) is 22.4. The van der Waals surface area contributed by atoms with E-state index in [2.05, 4.69) is 20.9 Å². The predicted molar refractivity (Wildman–Crippen MR) is 204 cm³/mol. The smallest absolute Gasteiger partial charge is 0.245 e. The largest absolute Gasteiger partial charge is 0.382 e. The van der Waals surface area contributed by atoms with E-state index in [0.29, 0.717) is 64.0 Å². The number of fused-ring (bicyclic) bond motifs is 5. The average molecular weight is 756 g/mol. The van der Waals surface area contributed by atoms with Crippen LogP contribution in [-0.2, 0) is 57.8 Å². The number of amides is 4. The van der Waals surface area contributed by atoms with Crippen LogP contribution in [-0.4, -0.2) is 98.0 Å². The lowest BCUT2D eigenvalue weighted by Crippen LogP contribution is -2.49. The standard InChI is InChI=1S/C40H49N7O8/c1-28-11-13-29(14-12-28)25-42-40(51)33(27-52-2)43-36(49)17-19-53-21-23-55-24-22-54-20-18-47-39-31-8-4-3-7-30(31)26-46(37(50)16-15-35(41)48)34-10-6-5-9-32(34)38(39)44-45-47/h3-14,33H,15-27H2,1-2H3,(H2,41,48)(H,42,51)(H,43,49)/t33-/m0/s1. The number of hydrogen-bond donors (Lipinski definition) is 3. The molecule has 1 aliphatic rings. The summed E-state index contributed by atoms with van der Waals surface area (Å²) in [6.07, 6.45) is 0.0619. The second-order valence-corrected chi connectivity index (χ2v) is 13.0. The van der Waals surface area contributed by atoms with Crippen molar-refractivity contribution in [2.45, 2.75) is 51.9 Å². The Kier molecular flexibility index (Phi) is 15.4. The van der Waals surface area contributed by atoms with Crippen LogP contribution < -0.4 is 21.3 Å². The first kappa shape index (κ1) is 40.7. The van der Waals surface area contributed by atoms with Crippen molar-refractivity contribution >= 4 is 29.3 Å². The van der Waals surface area contributed by atoms with E-state index in [4.69, 9.17) is 24.7 Å². The topological polar surface area (TPSA) is 189 Å². The van der Waals surface area contributed by atoms with Crippen LogP contribution in [0.2, 0.25) is 0 Å². The lowest BCUT2D eigenvalue weighted by atomic mass is 9.95. The molecule has 0 spiro atoms. The number of anilines is 1. The molecule has 5 rings (SSSR count). The first-order valence-corrected chi connectivity index (χ1v) is 18.3. The van der Waals surface area contributed by atoms with Gasteiger partial charge in [0.1, 0.15) is 11.7 Å². The molecule has 4 N–H and O–H groups in total. The monoisotopic (exact) mass is 755 g/mol. The van der Waals surface area contributed by atoms with Crippen molar-refractivity contribution in [1.29, 1.82) is 0 Å². The highest BCUT2D eigenvalue weighted by atomic mass is 16.5. The van der Waals surface area contributed by atoms with Gasteiger partial charge in [-0.25, -0.2) is 4.68 Å². The third-order valence-electron chi connectivity index (χ3n) is 8.91. The number of para-hydroxylation sites is 1. The zero-order valence-electron chi connectivity index (χ0n) is 31.3. The quantitative estimate of drug-likeness (QED) is 0.107. The number of carbonyl (C=O) groups excluding carboxylic acids is 4. The zero-order valence-corrected chi connectivity index (χ0v) is 31.3. The Labute approximate surface area is 320 Å². The highest BCUT2D eigenvalue weighted by Crippen LogP contribution is 2.41. The zero-order chi connectivity index (χ0) is 39.0. The number of nitrogens with one attached hydrogen (secondary N) is 2. The second-order valence-electron chi connectivity index (χ2n) is 13.0. The SMILES string of the molecule is COC[C@H](NC(=O)CCOCCOCCOCCn1nnc2c1-c1ccccc1CN(C(=O)CCC(N)=O)c1ccccc1-2)C(=O)NCc1ccc(C)cc1. The van der Waals surface area contributed by atoms with Crippen LogP contribution in [0.15, 0.2) is 72.8 Å². The van der Waals surface area contributed by atoms with Crippen molar-refractivity contribution < 1.29 is 38.1 Å². The van der Waals surface area contributed by atoms with Crippen LogP contribution in [0, 0.1) is 6.92 Å². The van der Waals surface area contributed by atoms with E-state index in [-0.39, 0.29) is 50.2 Å². The number of benzene rings is 3. The van der Waals surface area contributed by atoms with E-state index in [9.17, 15) is 19.2 Å². The molecule has 15 nitrogen and oxygen atoms in total. The highest BCUT2D eigenvalue weighted by molar-refractivity contribution is 6.01. The Morgan fingerprint density at radius 2 is 1.49 bits per heavy atom. The average Bonchev–Trinajstić information content (AvgIpc) is 3.60. The molecule has 1 aromatic heterocycles. The molecule has 0 fully saturated rings. The molecule has 0 unspecified atom stereocenters. The summed E-state index contributed by atoms with van der Waals surface area (Å²) in [5, 5.41) is 14.6. The minimum Gasteiger partial charge on any atom is -0.382 e. The fourth-order valence-electron chi connectivity index (χ4n) is 6.05. The van der Waals surface area contributed by atoms with E-state index in [1.54, 1.807) is 4.90 Å². The first-order chi connectivity index (χ1) is 26.7. The van der Waals surface area contributed by atoms with Crippen LogP contribution in [0.5, 0.6) is 0 Å². The van der Waals surface area contributed by atoms with Gasteiger partial charge in [0.2, 0.25) is 23.6 Å². The molecule has 0 radical (unpaired) electrons. The molecular formula is C40H49N7O8. The van der Waals surface area contributed by atoms with Crippen molar-refractivity contribution in [3.63, 3.8) is 0 Å². The molecule has 0 aliphatic carbocycles. The van der Waals surface area contributed by atoms with Gasteiger partial charge in [0.15, 0.2) is 0 Å². The van der Waals surface area contributed by atoms with Gasteiger partial charge in [-0.05, 0) is 24.1 Å². The van der Waals surface area contributed by atoms with E-state index >= 15 is 0 Å². The minimum absolute atomic E-state index is 0.00680. The molecule has 4 aromatic rings. The number of primary amides is 1. The summed E-state index contributed by atoms with van der Waals surface area (Å²) in [4.78, 5) is 51.6. The third kappa shape index (κ3) is 11.8. The summed E-state index contributed by atoms with van der Waals surface area (Å²) in [5.41, 5.74) is 12.2. The molecule has 4 amide bonds. The van der Waals surface area contributed by atoms with E-state index in [0.717, 1.165) is 33.5 Å². The Balaban J connectivity index is 1.02. The van der Waals surface area contributed by atoms with Crippen LogP contribution in [0.3, 0.4) is 0 Å². The Hall–Kier alpha value is -5.48. The highest BCUT2D eigenvalue weighted by Gasteiger charge is 2.29. The summed E-state index contributed by atoms with van der Waals surface area (Å²) in [7, 11) is 1.48. The number of methoxy groups -OCH3 is 1.